The van der Waals surface area contributed by atoms with Gasteiger partial charge in [-0.05, 0) is 24.6 Å². The average Bonchev–Trinajstić information content (AvgIpc) is 3.00. The normalized spacial score (nSPS) is 10.6. The van der Waals surface area contributed by atoms with Crippen molar-refractivity contribution in [3.8, 4) is 11.8 Å². The van der Waals surface area contributed by atoms with Gasteiger partial charge in [0.05, 0.1) is 22.5 Å². The molecule has 2 aromatic heterocycles. The number of carbonyl (C=O) groups excluding carboxylic acids is 2. The maximum atomic E-state index is 13.2. The van der Waals surface area contributed by atoms with E-state index in [1.807, 2.05) is 6.07 Å². The van der Waals surface area contributed by atoms with Crippen LogP contribution in [0.4, 0.5) is 4.39 Å². The molecule has 0 aliphatic heterocycles. The van der Waals surface area contributed by atoms with Crippen LogP contribution in [0.1, 0.15) is 35.6 Å². The number of nitriles is 1. The number of halogens is 2. The van der Waals surface area contributed by atoms with Crippen molar-refractivity contribution in [1.82, 2.24) is 9.55 Å². The van der Waals surface area contributed by atoms with Gasteiger partial charge in [-0.25, -0.2) is 14.2 Å². The molecule has 0 N–H and O–H groups in total. The van der Waals surface area contributed by atoms with E-state index in [1.54, 1.807) is 23.6 Å². The lowest BCUT2D eigenvalue weighted by atomic mass is 10.1. The molecule has 0 aliphatic rings. The molecular weight excluding hydrogens is 401 g/mol. The number of ether oxygens (including phenoxy) is 2. The maximum Gasteiger partial charge on any atom is 0.360 e. The van der Waals surface area contributed by atoms with Crippen LogP contribution in [0.25, 0.3) is 10.9 Å². The number of benzene rings is 1. The van der Waals surface area contributed by atoms with Crippen molar-refractivity contribution in [2.75, 3.05) is 6.61 Å². The lowest BCUT2D eigenvalue weighted by Gasteiger charge is -2.12. The first-order valence-corrected chi connectivity index (χ1v) is 8.95. The van der Waals surface area contributed by atoms with E-state index in [2.05, 4.69) is 4.98 Å². The van der Waals surface area contributed by atoms with Crippen LogP contribution >= 0.6 is 11.6 Å². The average molecular weight is 416 g/mol. The first-order chi connectivity index (χ1) is 13.8. The van der Waals surface area contributed by atoms with E-state index in [-0.39, 0.29) is 52.0 Å². The van der Waals surface area contributed by atoms with Crippen LogP contribution in [0.15, 0.2) is 30.5 Å². The summed E-state index contributed by atoms with van der Waals surface area (Å²) in [6.07, 6.45) is 1.53. The lowest BCUT2D eigenvalue weighted by molar-refractivity contribution is -0.131. The third-order valence-corrected chi connectivity index (χ3v) is 4.30. The van der Waals surface area contributed by atoms with Crippen molar-refractivity contribution in [1.29, 1.82) is 5.26 Å². The summed E-state index contributed by atoms with van der Waals surface area (Å²) in [5.41, 5.74) is 0.624. The molecular formula is C20H15ClFN3O4. The van der Waals surface area contributed by atoms with Crippen molar-refractivity contribution < 1.29 is 23.5 Å². The van der Waals surface area contributed by atoms with E-state index >= 15 is 0 Å². The Bertz CT molecular complexity index is 1150. The molecule has 3 aromatic rings. The summed E-state index contributed by atoms with van der Waals surface area (Å²) in [5, 5.41) is 9.95. The maximum absolute atomic E-state index is 13.2. The van der Waals surface area contributed by atoms with Gasteiger partial charge in [0.25, 0.3) is 0 Å². The van der Waals surface area contributed by atoms with Crippen molar-refractivity contribution in [2.45, 2.75) is 20.4 Å². The predicted molar refractivity (Wildman–Crippen MR) is 102 cm³/mol. The van der Waals surface area contributed by atoms with Gasteiger partial charge < -0.3 is 14.0 Å². The quantitative estimate of drug-likeness (QED) is 0.587. The van der Waals surface area contributed by atoms with Crippen LogP contribution in [0.3, 0.4) is 0 Å². The minimum Gasteiger partial charge on any atom is -0.461 e. The first kappa shape index (κ1) is 20.3. The van der Waals surface area contributed by atoms with Crippen LogP contribution in [-0.4, -0.2) is 28.1 Å². The summed E-state index contributed by atoms with van der Waals surface area (Å²) in [6, 6.07) is 7.75. The Morgan fingerprint density at radius 3 is 2.59 bits per heavy atom. The zero-order valence-electron chi connectivity index (χ0n) is 15.5. The molecule has 1 aromatic carbocycles. The van der Waals surface area contributed by atoms with Crippen LogP contribution in [0.2, 0.25) is 5.02 Å². The van der Waals surface area contributed by atoms with Gasteiger partial charge >= 0.3 is 11.9 Å². The number of esters is 2. The Morgan fingerprint density at radius 2 is 2.00 bits per heavy atom. The summed E-state index contributed by atoms with van der Waals surface area (Å²) in [6.45, 7) is 3.10. The van der Waals surface area contributed by atoms with Crippen molar-refractivity contribution >= 4 is 34.4 Å². The molecule has 0 atom stereocenters. The topological polar surface area (TPSA) is 94.2 Å². The number of pyridine rings is 1. The molecule has 148 valence electrons. The van der Waals surface area contributed by atoms with E-state index in [1.165, 1.54) is 25.3 Å². The van der Waals surface area contributed by atoms with Crippen LogP contribution in [0, 0.1) is 17.1 Å². The van der Waals surface area contributed by atoms with E-state index < -0.39 is 11.9 Å². The van der Waals surface area contributed by atoms with E-state index in [9.17, 15) is 19.2 Å². The highest BCUT2D eigenvalue weighted by Crippen LogP contribution is 2.38. The first-order valence-electron chi connectivity index (χ1n) is 8.58. The van der Waals surface area contributed by atoms with Gasteiger partial charge in [-0.15, -0.1) is 0 Å². The molecule has 0 unspecified atom stereocenters. The molecule has 0 aliphatic carbocycles. The highest BCUT2D eigenvalue weighted by Gasteiger charge is 2.27. The molecule has 0 saturated carbocycles. The van der Waals surface area contributed by atoms with E-state index in [0.717, 1.165) is 5.56 Å². The molecule has 0 spiro atoms. The second-order valence-corrected chi connectivity index (χ2v) is 6.43. The van der Waals surface area contributed by atoms with Gasteiger partial charge in [-0.3, -0.25) is 4.79 Å². The molecule has 0 radical (unpaired) electrons. The Balaban J connectivity index is 2.26. The van der Waals surface area contributed by atoms with Crippen molar-refractivity contribution in [3.05, 3.63) is 58.3 Å². The van der Waals surface area contributed by atoms with Gasteiger partial charge in [0, 0.05) is 19.7 Å². The van der Waals surface area contributed by atoms with Gasteiger partial charge in [-0.2, -0.15) is 5.26 Å². The standard InChI is InChI=1S/C20H15ClFN3O4/c1-3-28-20(27)17-19(29-11(2)26)16-14(21)10-25(18(16)15(8-23)24-17)9-12-4-6-13(22)7-5-12/h4-7,10H,3,9H2,1-2H3. The second-order valence-electron chi connectivity index (χ2n) is 6.02. The smallest absolute Gasteiger partial charge is 0.360 e. The number of fused-ring (bicyclic) bond motifs is 1. The molecule has 3 rings (SSSR count). The fourth-order valence-corrected chi connectivity index (χ4v) is 3.19. The number of rotatable bonds is 5. The number of aromatic nitrogens is 2. The Labute approximate surface area is 170 Å². The Hall–Kier alpha value is -3.44. The minimum atomic E-state index is -0.843. The minimum absolute atomic E-state index is 0.0687. The third kappa shape index (κ3) is 4.05. The van der Waals surface area contributed by atoms with E-state index in [0.29, 0.717) is 0 Å². The number of hydrogen-bond acceptors (Lipinski definition) is 6. The zero-order valence-corrected chi connectivity index (χ0v) is 16.3. The molecule has 0 fully saturated rings. The van der Waals surface area contributed by atoms with Gasteiger partial charge in [0.15, 0.2) is 17.1 Å². The van der Waals surface area contributed by atoms with Crippen LogP contribution in [-0.2, 0) is 16.1 Å². The molecule has 0 amide bonds. The monoisotopic (exact) mass is 415 g/mol. The highest BCUT2D eigenvalue weighted by atomic mass is 35.5. The third-order valence-electron chi connectivity index (χ3n) is 4.01. The van der Waals surface area contributed by atoms with Crippen LogP contribution in [0.5, 0.6) is 5.75 Å². The second kappa shape index (κ2) is 8.29. The number of hydrogen-bond donors (Lipinski definition) is 0. The van der Waals surface area contributed by atoms with Gasteiger partial charge in [-0.1, -0.05) is 23.7 Å². The molecule has 2 heterocycles. The number of nitrogens with zero attached hydrogens (tertiary/aromatic N) is 3. The summed E-state index contributed by atoms with van der Waals surface area (Å²) >= 11 is 6.38. The molecule has 7 nitrogen and oxygen atoms in total. The van der Waals surface area contributed by atoms with Gasteiger partial charge in [0.2, 0.25) is 0 Å². The van der Waals surface area contributed by atoms with Crippen LogP contribution < -0.4 is 4.74 Å². The molecule has 29 heavy (non-hydrogen) atoms. The summed E-state index contributed by atoms with van der Waals surface area (Å²) in [7, 11) is 0. The predicted octanol–water partition coefficient (Wildman–Crippen LogP) is 3.85. The Morgan fingerprint density at radius 1 is 1.31 bits per heavy atom. The van der Waals surface area contributed by atoms with Crippen molar-refractivity contribution in [3.63, 3.8) is 0 Å². The zero-order chi connectivity index (χ0) is 21.1. The summed E-state index contributed by atoms with van der Waals surface area (Å²) < 4.78 is 25.0. The largest absolute Gasteiger partial charge is 0.461 e. The fourth-order valence-electron chi connectivity index (χ4n) is 2.90. The Kier molecular flexibility index (Phi) is 5.80. The summed E-state index contributed by atoms with van der Waals surface area (Å²) in [5.74, 6) is -2.08. The lowest BCUT2D eigenvalue weighted by Crippen LogP contribution is -2.14. The molecule has 0 bridgehead atoms. The highest BCUT2D eigenvalue weighted by molar-refractivity contribution is 6.36. The van der Waals surface area contributed by atoms with E-state index in [4.69, 9.17) is 21.1 Å². The summed E-state index contributed by atoms with van der Waals surface area (Å²) in [4.78, 5) is 28.0. The molecule has 9 heteroatoms. The SMILES string of the molecule is CCOC(=O)c1nc(C#N)c2c(c(Cl)cn2Cc2ccc(F)cc2)c1OC(C)=O. The number of carbonyl (C=O) groups is 2. The molecule has 0 saturated heterocycles. The van der Waals surface area contributed by atoms with Gasteiger partial charge in [0.1, 0.15) is 11.9 Å². The van der Waals surface area contributed by atoms with Crippen molar-refractivity contribution in [2.24, 2.45) is 0 Å². The fraction of sp³-hybridized carbons (Fsp3) is 0.200.